The molecule has 292 valence electrons. The lowest BCUT2D eigenvalue weighted by atomic mass is 9.93. The average molecular weight is 692 g/mol. The third kappa shape index (κ3) is 35.3. The van der Waals surface area contributed by atoms with Gasteiger partial charge in [0.1, 0.15) is 0 Å². The first-order valence-electron chi connectivity index (χ1n) is 22.3. The Morgan fingerprint density at radius 3 is 1.27 bits per heavy atom. The summed E-state index contributed by atoms with van der Waals surface area (Å²) >= 11 is 0. The van der Waals surface area contributed by atoms with Gasteiger partial charge in [-0.3, -0.25) is 4.79 Å². The van der Waals surface area contributed by atoms with Crippen molar-refractivity contribution >= 4 is 5.97 Å². The standard InChI is InChI=1S/C45H89NO3/c1-4-7-10-13-17-23-30-37-44(45(48)49)38-31-24-26-33-40-46(41-42-47)39-32-25-19-16-18-22-29-36-43(34-27-20-14-11-8-5-2)35-28-21-15-12-9-6-3/h29,36,43-44,47H,4-28,30-35,37-42H2,1-3H3,(H,48,49)/b36-29+. The molecule has 0 aromatic rings. The van der Waals surface area contributed by atoms with Crippen LogP contribution in [0.3, 0.4) is 0 Å². The van der Waals surface area contributed by atoms with Crippen LogP contribution in [0.4, 0.5) is 0 Å². The van der Waals surface area contributed by atoms with Gasteiger partial charge in [-0.2, -0.15) is 0 Å². The topological polar surface area (TPSA) is 60.8 Å². The van der Waals surface area contributed by atoms with Gasteiger partial charge >= 0.3 is 5.97 Å². The molecule has 0 saturated carbocycles. The summed E-state index contributed by atoms with van der Waals surface area (Å²) in [5.74, 6) is 0.0540. The van der Waals surface area contributed by atoms with Crippen LogP contribution in [-0.2, 0) is 4.79 Å². The number of aliphatic hydroxyl groups excluding tert-OH is 1. The van der Waals surface area contributed by atoms with E-state index in [2.05, 4.69) is 37.8 Å². The van der Waals surface area contributed by atoms with Crippen molar-refractivity contribution in [3.63, 3.8) is 0 Å². The lowest BCUT2D eigenvalue weighted by molar-refractivity contribution is -0.142. The molecule has 1 atom stereocenters. The molecule has 0 aliphatic rings. The van der Waals surface area contributed by atoms with Gasteiger partial charge in [-0.25, -0.2) is 0 Å². The maximum atomic E-state index is 11.7. The number of carbonyl (C=O) groups is 1. The summed E-state index contributed by atoms with van der Waals surface area (Å²) in [4.78, 5) is 14.2. The molecule has 4 nitrogen and oxygen atoms in total. The maximum absolute atomic E-state index is 11.7. The van der Waals surface area contributed by atoms with Crippen molar-refractivity contribution in [3.8, 4) is 0 Å². The zero-order valence-electron chi connectivity index (χ0n) is 33.7. The SMILES string of the molecule is CCCCCCCCCC(CCCCCCN(CCO)CCCCCCC/C=C/C(CCCCCCCC)CCCCCCCC)C(=O)O. The predicted octanol–water partition coefficient (Wildman–Crippen LogP) is 14.1. The molecule has 0 spiro atoms. The number of aliphatic hydroxyl groups is 1. The van der Waals surface area contributed by atoms with Crippen molar-refractivity contribution in [1.29, 1.82) is 0 Å². The number of carboxylic acids is 1. The van der Waals surface area contributed by atoms with Crippen molar-refractivity contribution in [2.75, 3.05) is 26.2 Å². The highest BCUT2D eigenvalue weighted by Gasteiger charge is 2.16. The number of hydrogen-bond donors (Lipinski definition) is 2. The van der Waals surface area contributed by atoms with Gasteiger partial charge in [-0.05, 0) is 70.4 Å². The molecular formula is C45H89NO3. The molecule has 2 N–H and O–H groups in total. The lowest BCUT2D eigenvalue weighted by Crippen LogP contribution is -2.29. The second-order valence-electron chi connectivity index (χ2n) is 15.6. The van der Waals surface area contributed by atoms with E-state index in [-0.39, 0.29) is 12.5 Å². The molecule has 0 aliphatic heterocycles. The minimum absolute atomic E-state index is 0.153. The van der Waals surface area contributed by atoms with Gasteiger partial charge in [-0.1, -0.05) is 193 Å². The molecule has 0 heterocycles. The Balaban J connectivity index is 4.06. The van der Waals surface area contributed by atoms with Crippen molar-refractivity contribution in [3.05, 3.63) is 12.2 Å². The highest BCUT2D eigenvalue weighted by molar-refractivity contribution is 5.69. The summed E-state index contributed by atoms with van der Waals surface area (Å²) in [6.07, 6.45) is 47.4. The maximum Gasteiger partial charge on any atom is 0.306 e. The van der Waals surface area contributed by atoms with E-state index in [1.807, 2.05) is 0 Å². The third-order valence-electron chi connectivity index (χ3n) is 10.8. The molecule has 0 rings (SSSR count). The van der Waals surface area contributed by atoms with E-state index in [1.165, 1.54) is 167 Å². The molecule has 0 saturated heterocycles. The Bertz CT molecular complexity index is 664. The summed E-state index contributed by atoms with van der Waals surface area (Å²) in [7, 11) is 0. The molecule has 49 heavy (non-hydrogen) atoms. The smallest absolute Gasteiger partial charge is 0.306 e. The molecule has 0 aromatic carbocycles. The van der Waals surface area contributed by atoms with Crippen LogP contribution in [0.2, 0.25) is 0 Å². The van der Waals surface area contributed by atoms with E-state index >= 15 is 0 Å². The lowest BCUT2D eigenvalue weighted by Gasteiger charge is -2.21. The Labute approximate surface area is 308 Å². The number of allylic oxidation sites excluding steroid dienone is 2. The number of hydrogen-bond acceptors (Lipinski definition) is 3. The highest BCUT2D eigenvalue weighted by Crippen LogP contribution is 2.22. The fourth-order valence-electron chi connectivity index (χ4n) is 7.42. The minimum atomic E-state index is -0.595. The van der Waals surface area contributed by atoms with Crippen LogP contribution >= 0.6 is 0 Å². The second-order valence-corrected chi connectivity index (χ2v) is 15.6. The van der Waals surface area contributed by atoms with Crippen molar-refractivity contribution in [2.24, 2.45) is 11.8 Å². The third-order valence-corrected chi connectivity index (χ3v) is 10.8. The zero-order valence-corrected chi connectivity index (χ0v) is 33.7. The fraction of sp³-hybridized carbons (Fsp3) is 0.933. The minimum Gasteiger partial charge on any atom is -0.481 e. The van der Waals surface area contributed by atoms with Crippen LogP contribution in [0.25, 0.3) is 0 Å². The van der Waals surface area contributed by atoms with Gasteiger partial charge in [0.25, 0.3) is 0 Å². The number of unbranched alkanes of at least 4 members (excludes halogenated alkanes) is 24. The first-order valence-corrected chi connectivity index (χ1v) is 22.3. The summed E-state index contributed by atoms with van der Waals surface area (Å²) in [6, 6.07) is 0. The molecular weight excluding hydrogens is 602 g/mol. The molecule has 0 amide bonds. The van der Waals surface area contributed by atoms with Crippen molar-refractivity contribution < 1.29 is 15.0 Å². The number of carboxylic acid groups (broad SMARTS) is 1. The van der Waals surface area contributed by atoms with Gasteiger partial charge in [0.2, 0.25) is 0 Å². The summed E-state index contributed by atoms with van der Waals surface area (Å²) < 4.78 is 0. The number of rotatable bonds is 41. The second kappa shape index (κ2) is 39.9. The molecule has 0 radical (unpaired) electrons. The van der Waals surface area contributed by atoms with Crippen molar-refractivity contribution in [1.82, 2.24) is 4.90 Å². The predicted molar refractivity (Wildman–Crippen MR) is 217 cm³/mol. The molecule has 1 unspecified atom stereocenters. The van der Waals surface area contributed by atoms with E-state index < -0.39 is 5.97 Å². The largest absolute Gasteiger partial charge is 0.481 e. The Hall–Kier alpha value is -0.870. The molecule has 4 heteroatoms. The van der Waals surface area contributed by atoms with E-state index in [9.17, 15) is 15.0 Å². The fourth-order valence-corrected chi connectivity index (χ4v) is 7.42. The Morgan fingerprint density at radius 2 is 0.857 bits per heavy atom. The summed E-state index contributed by atoms with van der Waals surface area (Å²) in [5.41, 5.74) is 0. The molecule has 0 aliphatic carbocycles. The molecule has 0 fully saturated rings. The molecule has 0 bridgehead atoms. The number of aliphatic carboxylic acids is 1. The quantitative estimate of drug-likeness (QED) is 0.0495. The van der Waals surface area contributed by atoms with Gasteiger partial charge in [0.15, 0.2) is 0 Å². The van der Waals surface area contributed by atoms with E-state index in [1.54, 1.807) is 0 Å². The van der Waals surface area contributed by atoms with Crippen molar-refractivity contribution in [2.45, 2.75) is 233 Å². The molecule has 0 aromatic heterocycles. The normalized spacial score (nSPS) is 12.6. The first-order chi connectivity index (χ1) is 24.1. The average Bonchev–Trinajstić information content (AvgIpc) is 3.09. The van der Waals surface area contributed by atoms with Gasteiger partial charge < -0.3 is 15.1 Å². The zero-order chi connectivity index (χ0) is 35.9. The Morgan fingerprint density at radius 1 is 0.490 bits per heavy atom. The van der Waals surface area contributed by atoms with Gasteiger partial charge in [-0.15, -0.1) is 0 Å². The van der Waals surface area contributed by atoms with Gasteiger partial charge in [0.05, 0.1) is 12.5 Å². The first kappa shape index (κ1) is 48.1. The van der Waals surface area contributed by atoms with E-state index in [0.29, 0.717) is 0 Å². The van der Waals surface area contributed by atoms with Gasteiger partial charge in [0, 0.05) is 6.54 Å². The van der Waals surface area contributed by atoms with Crippen LogP contribution in [0.1, 0.15) is 233 Å². The summed E-state index contributed by atoms with van der Waals surface area (Å²) in [6.45, 7) is 10.0. The highest BCUT2D eigenvalue weighted by atomic mass is 16.4. The van der Waals surface area contributed by atoms with Crippen LogP contribution < -0.4 is 0 Å². The van der Waals surface area contributed by atoms with Crippen LogP contribution in [0, 0.1) is 11.8 Å². The van der Waals surface area contributed by atoms with E-state index in [0.717, 1.165) is 70.5 Å². The van der Waals surface area contributed by atoms with E-state index in [4.69, 9.17) is 0 Å². The summed E-state index contributed by atoms with van der Waals surface area (Å²) in [5, 5.41) is 19.2. The number of nitrogens with zero attached hydrogens (tertiary/aromatic N) is 1. The van der Waals surface area contributed by atoms with Crippen LogP contribution in [0.15, 0.2) is 12.2 Å². The Kier molecular flexibility index (Phi) is 39.2. The monoisotopic (exact) mass is 692 g/mol. The van der Waals surface area contributed by atoms with Crippen LogP contribution in [-0.4, -0.2) is 47.3 Å². The van der Waals surface area contributed by atoms with Crippen LogP contribution in [0.5, 0.6) is 0 Å².